The molecule has 0 heterocycles. The van der Waals surface area contributed by atoms with Crippen molar-refractivity contribution in [2.75, 3.05) is 26.0 Å². The number of benzene rings is 1. The largest absolute Gasteiger partial charge is 0.374 e. The monoisotopic (exact) mass is 214 g/mol. The highest BCUT2D eigenvalue weighted by Gasteiger charge is 2.07. The zero-order valence-corrected chi connectivity index (χ0v) is 8.55. The fourth-order valence-corrected chi connectivity index (χ4v) is 0.962. The molecule has 0 aliphatic heterocycles. The van der Waals surface area contributed by atoms with Crippen molar-refractivity contribution in [1.29, 1.82) is 0 Å². The van der Waals surface area contributed by atoms with Gasteiger partial charge in [-0.2, -0.15) is 0 Å². The molecule has 0 saturated carbocycles. The Morgan fingerprint density at radius 2 is 2.07 bits per heavy atom. The maximum atomic E-state index is 13.1. The molecule has 0 aliphatic rings. The fourth-order valence-electron chi connectivity index (χ4n) is 0.962. The summed E-state index contributed by atoms with van der Waals surface area (Å²) in [6.45, 7) is -0.0621. The van der Waals surface area contributed by atoms with Crippen LogP contribution in [0.1, 0.15) is 0 Å². The lowest BCUT2D eigenvalue weighted by molar-refractivity contribution is -0.126. The van der Waals surface area contributed by atoms with Crippen LogP contribution in [0.25, 0.3) is 0 Å². The zero-order valence-electron chi connectivity index (χ0n) is 8.55. The second-order valence-corrected chi connectivity index (χ2v) is 3.27. The van der Waals surface area contributed by atoms with Crippen molar-refractivity contribution in [2.45, 2.75) is 0 Å². The topological polar surface area (TPSA) is 32.3 Å². The molecule has 0 bridgehead atoms. The lowest BCUT2D eigenvalue weighted by Gasteiger charge is -2.12. The predicted molar refractivity (Wildman–Crippen MR) is 53.5 cm³/mol. The summed E-state index contributed by atoms with van der Waals surface area (Å²) in [5.74, 6) is -1.34. The van der Waals surface area contributed by atoms with Gasteiger partial charge in [0, 0.05) is 14.1 Å². The standard InChI is InChI=1S/C10H12F2N2O/c1-14(2)10(15)6-13-9-5-7(11)3-4-8(9)12/h3-5,13H,6H2,1-2H3. The molecule has 1 aromatic rings. The quantitative estimate of drug-likeness (QED) is 0.826. The van der Waals surface area contributed by atoms with Crippen LogP contribution in [0.15, 0.2) is 18.2 Å². The molecule has 0 aliphatic carbocycles. The number of hydrogen-bond donors (Lipinski definition) is 1. The fraction of sp³-hybridized carbons (Fsp3) is 0.300. The minimum absolute atomic E-state index is 0.00907. The molecule has 3 nitrogen and oxygen atoms in total. The summed E-state index contributed by atoms with van der Waals surface area (Å²) in [4.78, 5) is 12.5. The van der Waals surface area contributed by atoms with Crippen molar-refractivity contribution < 1.29 is 13.6 Å². The first-order valence-corrected chi connectivity index (χ1v) is 4.40. The number of nitrogens with one attached hydrogen (secondary N) is 1. The van der Waals surface area contributed by atoms with Gasteiger partial charge in [0.05, 0.1) is 12.2 Å². The molecule has 0 atom stereocenters. The molecule has 0 unspecified atom stereocenters. The molecule has 0 fully saturated rings. The number of nitrogens with zero attached hydrogens (tertiary/aromatic N) is 1. The Balaban J connectivity index is 2.65. The van der Waals surface area contributed by atoms with E-state index in [0.29, 0.717) is 0 Å². The molecule has 0 radical (unpaired) electrons. The van der Waals surface area contributed by atoms with Gasteiger partial charge in [-0.1, -0.05) is 0 Å². The third kappa shape index (κ3) is 3.19. The normalized spacial score (nSPS) is 9.87. The highest BCUT2D eigenvalue weighted by molar-refractivity contribution is 5.80. The van der Waals surface area contributed by atoms with E-state index in [2.05, 4.69) is 5.32 Å². The van der Waals surface area contributed by atoms with Gasteiger partial charge < -0.3 is 10.2 Å². The lowest BCUT2D eigenvalue weighted by atomic mass is 10.3. The first kappa shape index (κ1) is 11.4. The maximum absolute atomic E-state index is 13.1. The number of carbonyl (C=O) groups excluding carboxylic acids is 1. The first-order chi connectivity index (χ1) is 7.00. The Kier molecular flexibility index (Phi) is 3.60. The number of rotatable bonds is 3. The SMILES string of the molecule is CN(C)C(=O)CNc1cc(F)ccc1F. The first-order valence-electron chi connectivity index (χ1n) is 4.40. The summed E-state index contributed by atoms with van der Waals surface area (Å²) in [6.07, 6.45) is 0. The van der Waals surface area contributed by atoms with Gasteiger partial charge >= 0.3 is 0 Å². The number of anilines is 1. The summed E-state index contributed by atoms with van der Waals surface area (Å²) >= 11 is 0. The predicted octanol–water partition coefficient (Wildman–Crippen LogP) is 1.46. The van der Waals surface area contributed by atoms with Gasteiger partial charge in [0.2, 0.25) is 5.91 Å². The molecular weight excluding hydrogens is 202 g/mol. The average Bonchev–Trinajstić information content (AvgIpc) is 2.18. The number of likely N-dealkylation sites (N-methyl/N-ethyl adjacent to an activating group) is 1. The summed E-state index contributed by atoms with van der Waals surface area (Å²) < 4.78 is 25.8. The van der Waals surface area contributed by atoms with Crippen LogP contribution in [0.4, 0.5) is 14.5 Å². The number of amides is 1. The second kappa shape index (κ2) is 4.72. The van der Waals surface area contributed by atoms with Gasteiger partial charge in [-0.25, -0.2) is 8.78 Å². The van der Waals surface area contributed by atoms with E-state index in [1.165, 1.54) is 4.90 Å². The molecule has 0 saturated heterocycles. The van der Waals surface area contributed by atoms with Crippen LogP contribution in [0.3, 0.4) is 0 Å². The molecule has 5 heteroatoms. The van der Waals surface area contributed by atoms with Crippen molar-refractivity contribution in [3.8, 4) is 0 Å². The number of halogens is 2. The minimum Gasteiger partial charge on any atom is -0.374 e. The summed E-state index contributed by atoms with van der Waals surface area (Å²) in [6, 6.07) is 3.05. The van der Waals surface area contributed by atoms with E-state index in [9.17, 15) is 13.6 Å². The Morgan fingerprint density at radius 1 is 1.40 bits per heavy atom. The van der Waals surface area contributed by atoms with Gasteiger partial charge in [0.1, 0.15) is 11.6 Å². The molecule has 1 rings (SSSR count). The van der Waals surface area contributed by atoms with Crippen molar-refractivity contribution in [1.82, 2.24) is 4.90 Å². The molecule has 0 spiro atoms. The van der Waals surface area contributed by atoms with E-state index in [0.717, 1.165) is 18.2 Å². The molecule has 1 N–H and O–H groups in total. The van der Waals surface area contributed by atoms with Crippen LogP contribution in [-0.4, -0.2) is 31.4 Å². The van der Waals surface area contributed by atoms with Gasteiger partial charge in [0.15, 0.2) is 0 Å². The van der Waals surface area contributed by atoms with E-state index in [1.807, 2.05) is 0 Å². The summed E-state index contributed by atoms with van der Waals surface area (Å²) in [5.41, 5.74) is -0.00907. The second-order valence-electron chi connectivity index (χ2n) is 3.27. The van der Waals surface area contributed by atoms with Crippen LogP contribution >= 0.6 is 0 Å². The third-order valence-electron chi connectivity index (χ3n) is 1.86. The molecule has 1 amide bonds. The highest BCUT2D eigenvalue weighted by Crippen LogP contribution is 2.14. The van der Waals surface area contributed by atoms with Crippen LogP contribution in [0, 0.1) is 11.6 Å². The molecule has 1 aromatic carbocycles. The molecule has 15 heavy (non-hydrogen) atoms. The van der Waals surface area contributed by atoms with Gasteiger partial charge in [0.25, 0.3) is 0 Å². The maximum Gasteiger partial charge on any atom is 0.241 e. The Hall–Kier alpha value is -1.65. The number of hydrogen-bond acceptors (Lipinski definition) is 2. The summed E-state index contributed by atoms with van der Waals surface area (Å²) in [5, 5.41) is 2.53. The van der Waals surface area contributed by atoms with Crippen molar-refractivity contribution in [3.05, 3.63) is 29.8 Å². The molecule has 82 valence electrons. The lowest BCUT2D eigenvalue weighted by Crippen LogP contribution is -2.28. The van der Waals surface area contributed by atoms with Gasteiger partial charge in [-0.05, 0) is 18.2 Å². The average molecular weight is 214 g/mol. The van der Waals surface area contributed by atoms with E-state index in [-0.39, 0.29) is 18.1 Å². The van der Waals surface area contributed by atoms with Gasteiger partial charge in [-0.15, -0.1) is 0 Å². The van der Waals surface area contributed by atoms with Crippen molar-refractivity contribution >= 4 is 11.6 Å². The molecular formula is C10H12F2N2O. The summed E-state index contributed by atoms with van der Waals surface area (Å²) in [7, 11) is 3.18. The highest BCUT2D eigenvalue weighted by atomic mass is 19.1. The Labute approximate surface area is 86.7 Å². The minimum atomic E-state index is -0.581. The van der Waals surface area contributed by atoms with Crippen LogP contribution < -0.4 is 5.32 Å². The third-order valence-corrected chi connectivity index (χ3v) is 1.86. The van der Waals surface area contributed by atoms with Crippen molar-refractivity contribution in [2.24, 2.45) is 0 Å². The van der Waals surface area contributed by atoms with E-state index in [4.69, 9.17) is 0 Å². The van der Waals surface area contributed by atoms with Crippen molar-refractivity contribution in [3.63, 3.8) is 0 Å². The number of carbonyl (C=O) groups is 1. The van der Waals surface area contributed by atoms with Crippen LogP contribution in [0.2, 0.25) is 0 Å². The Morgan fingerprint density at radius 3 is 2.67 bits per heavy atom. The van der Waals surface area contributed by atoms with E-state index < -0.39 is 11.6 Å². The zero-order chi connectivity index (χ0) is 11.4. The van der Waals surface area contributed by atoms with E-state index >= 15 is 0 Å². The van der Waals surface area contributed by atoms with Gasteiger partial charge in [-0.3, -0.25) is 4.79 Å². The molecule has 0 aromatic heterocycles. The smallest absolute Gasteiger partial charge is 0.241 e. The Bertz CT molecular complexity index is 366. The van der Waals surface area contributed by atoms with Crippen LogP contribution in [0.5, 0.6) is 0 Å². The van der Waals surface area contributed by atoms with E-state index in [1.54, 1.807) is 14.1 Å². The van der Waals surface area contributed by atoms with Crippen LogP contribution in [-0.2, 0) is 4.79 Å².